The molecular weight excluding hydrogens is 591 g/mol. The van der Waals surface area contributed by atoms with E-state index in [1.165, 1.54) is 44.9 Å². The summed E-state index contributed by atoms with van der Waals surface area (Å²) in [5, 5.41) is 14.3. The molecule has 4 heterocycles. The van der Waals surface area contributed by atoms with E-state index in [4.69, 9.17) is 14.6 Å². The summed E-state index contributed by atoms with van der Waals surface area (Å²) in [6.45, 7) is 11.4. The summed E-state index contributed by atoms with van der Waals surface area (Å²) in [5.74, 6) is -1.56. The van der Waals surface area contributed by atoms with Crippen molar-refractivity contribution in [1.29, 1.82) is 0 Å². The molecule has 1 saturated carbocycles. The number of halogens is 3. The normalized spacial score (nSPS) is 23.4. The SMILES string of the molecule is CCCCC1CN(CC2CCCCC2)C(=O)OC12CCN(C1CCN(C(=O)c3c(C)n[nH]c3C)CC1)CC2.O=C(O)C(F)(F)F. The minimum absolute atomic E-state index is 0.0616. The van der Waals surface area contributed by atoms with Gasteiger partial charge in [-0.15, -0.1) is 0 Å². The maximum Gasteiger partial charge on any atom is 0.490 e. The molecule has 2 amide bonds. The number of amides is 2. The van der Waals surface area contributed by atoms with Gasteiger partial charge in [0.15, 0.2) is 0 Å². The molecule has 4 fully saturated rings. The van der Waals surface area contributed by atoms with Crippen molar-refractivity contribution >= 4 is 18.0 Å². The number of carboxylic acids is 1. The summed E-state index contributed by atoms with van der Waals surface area (Å²) >= 11 is 0. The quantitative estimate of drug-likeness (QED) is 0.378. The van der Waals surface area contributed by atoms with Gasteiger partial charge in [-0.2, -0.15) is 18.3 Å². The van der Waals surface area contributed by atoms with Crippen molar-refractivity contribution in [3.8, 4) is 0 Å². The van der Waals surface area contributed by atoms with Gasteiger partial charge >= 0.3 is 18.2 Å². The zero-order valence-corrected chi connectivity index (χ0v) is 27.0. The molecule has 1 aromatic rings. The van der Waals surface area contributed by atoms with E-state index in [2.05, 4.69) is 26.9 Å². The number of nitrogens with zero attached hydrogens (tertiary/aromatic N) is 4. The summed E-state index contributed by atoms with van der Waals surface area (Å²) < 4.78 is 38.2. The van der Waals surface area contributed by atoms with E-state index in [0.717, 1.165) is 88.3 Å². The van der Waals surface area contributed by atoms with Crippen LogP contribution in [0.2, 0.25) is 0 Å². The molecule has 3 saturated heterocycles. The van der Waals surface area contributed by atoms with Crippen molar-refractivity contribution in [2.75, 3.05) is 39.3 Å². The summed E-state index contributed by atoms with van der Waals surface area (Å²) in [6.07, 6.45) is 8.76. The van der Waals surface area contributed by atoms with E-state index in [1.807, 2.05) is 18.7 Å². The number of hydrogen-bond donors (Lipinski definition) is 2. The molecule has 4 aliphatic rings. The van der Waals surface area contributed by atoms with Crippen LogP contribution in [-0.4, -0.2) is 105 Å². The number of nitrogens with one attached hydrogen (secondary N) is 1. The number of H-pyrrole nitrogens is 1. The fourth-order valence-corrected chi connectivity index (χ4v) is 7.70. The van der Waals surface area contributed by atoms with Crippen LogP contribution in [0.15, 0.2) is 0 Å². The largest absolute Gasteiger partial charge is 0.490 e. The molecule has 1 aromatic heterocycles. The number of alkyl halides is 3. The number of rotatable bonds is 7. The second-order valence-electron chi connectivity index (χ2n) is 13.4. The lowest BCUT2D eigenvalue weighted by Gasteiger charge is -2.52. The number of aromatic nitrogens is 2. The number of carbonyl (C=O) groups is 3. The number of unbranched alkanes of at least 4 members (excludes halogenated alkanes) is 1. The van der Waals surface area contributed by atoms with Crippen molar-refractivity contribution in [2.24, 2.45) is 11.8 Å². The van der Waals surface area contributed by atoms with Crippen LogP contribution in [0.3, 0.4) is 0 Å². The van der Waals surface area contributed by atoms with Crippen molar-refractivity contribution in [1.82, 2.24) is 24.9 Å². The Hall–Kier alpha value is -2.83. The molecule has 13 heteroatoms. The molecule has 1 spiro atoms. The predicted octanol–water partition coefficient (Wildman–Crippen LogP) is 5.94. The molecule has 1 unspecified atom stereocenters. The topological polar surface area (TPSA) is 119 Å². The van der Waals surface area contributed by atoms with Gasteiger partial charge in [-0.05, 0) is 51.9 Å². The molecule has 2 N–H and O–H groups in total. The van der Waals surface area contributed by atoms with Crippen molar-refractivity contribution in [3.63, 3.8) is 0 Å². The monoisotopic (exact) mass is 641 g/mol. The fraction of sp³-hybridized carbons (Fsp3) is 0.812. The molecule has 0 radical (unpaired) electrons. The Morgan fingerprint density at radius 2 is 1.67 bits per heavy atom. The third kappa shape index (κ3) is 8.71. The minimum Gasteiger partial charge on any atom is -0.475 e. The van der Waals surface area contributed by atoms with Gasteiger partial charge in [0.25, 0.3) is 5.91 Å². The molecule has 254 valence electrons. The second-order valence-corrected chi connectivity index (χ2v) is 13.4. The van der Waals surface area contributed by atoms with Gasteiger partial charge in [0.1, 0.15) is 5.60 Å². The van der Waals surface area contributed by atoms with E-state index < -0.39 is 12.1 Å². The van der Waals surface area contributed by atoms with Gasteiger partial charge in [-0.1, -0.05) is 39.0 Å². The van der Waals surface area contributed by atoms with Crippen LogP contribution in [0.5, 0.6) is 0 Å². The van der Waals surface area contributed by atoms with Gasteiger partial charge in [0.05, 0.1) is 11.3 Å². The van der Waals surface area contributed by atoms with Gasteiger partial charge in [0.2, 0.25) is 0 Å². The highest BCUT2D eigenvalue weighted by Gasteiger charge is 2.50. The molecule has 45 heavy (non-hydrogen) atoms. The summed E-state index contributed by atoms with van der Waals surface area (Å²) in [6, 6.07) is 0.499. The Bertz CT molecular complexity index is 1130. The molecule has 10 nitrogen and oxygen atoms in total. The highest BCUT2D eigenvalue weighted by molar-refractivity contribution is 5.96. The number of likely N-dealkylation sites (tertiary alicyclic amines) is 2. The van der Waals surface area contributed by atoms with E-state index in [0.29, 0.717) is 17.9 Å². The van der Waals surface area contributed by atoms with Crippen molar-refractivity contribution in [2.45, 2.75) is 116 Å². The van der Waals surface area contributed by atoms with E-state index in [-0.39, 0.29) is 17.6 Å². The number of carbonyl (C=O) groups excluding carboxylic acids is 2. The van der Waals surface area contributed by atoms with E-state index in [9.17, 15) is 22.8 Å². The average Bonchev–Trinajstić information content (AvgIpc) is 3.35. The van der Waals surface area contributed by atoms with Gasteiger partial charge in [-0.25, -0.2) is 9.59 Å². The Kier molecular flexibility index (Phi) is 11.8. The van der Waals surface area contributed by atoms with Crippen LogP contribution in [0, 0.1) is 25.7 Å². The Morgan fingerprint density at radius 1 is 1.04 bits per heavy atom. The Balaban J connectivity index is 0.000000591. The van der Waals surface area contributed by atoms with Crippen LogP contribution in [0.25, 0.3) is 0 Å². The zero-order valence-electron chi connectivity index (χ0n) is 27.0. The molecule has 0 bridgehead atoms. The molecule has 5 rings (SSSR count). The number of ether oxygens (including phenoxy) is 1. The fourth-order valence-electron chi connectivity index (χ4n) is 7.70. The smallest absolute Gasteiger partial charge is 0.475 e. The zero-order chi connectivity index (χ0) is 32.8. The van der Waals surface area contributed by atoms with Gasteiger partial charge in [-0.3, -0.25) is 14.8 Å². The van der Waals surface area contributed by atoms with E-state index in [1.54, 1.807) is 0 Å². The maximum absolute atomic E-state index is 13.2. The third-order valence-corrected chi connectivity index (χ3v) is 10.3. The van der Waals surface area contributed by atoms with Gasteiger partial charge < -0.3 is 19.6 Å². The Labute approximate surface area is 264 Å². The second kappa shape index (κ2) is 15.2. The molecular formula is C32H50F3N5O5. The van der Waals surface area contributed by atoms with Crippen LogP contribution in [0.4, 0.5) is 18.0 Å². The van der Waals surface area contributed by atoms with Crippen LogP contribution in [0.1, 0.15) is 106 Å². The van der Waals surface area contributed by atoms with Crippen LogP contribution < -0.4 is 0 Å². The number of piperidine rings is 2. The van der Waals surface area contributed by atoms with Crippen molar-refractivity contribution < 1.29 is 37.4 Å². The maximum atomic E-state index is 13.2. The summed E-state index contributed by atoms with van der Waals surface area (Å²) in [7, 11) is 0. The van der Waals surface area contributed by atoms with Crippen molar-refractivity contribution in [3.05, 3.63) is 17.0 Å². The number of carboxylic acid groups (broad SMARTS) is 1. The van der Waals surface area contributed by atoms with Crippen LogP contribution in [-0.2, 0) is 9.53 Å². The number of hydrogen-bond acceptors (Lipinski definition) is 6. The molecule has 1 atom stereocenters. The molecule has 1 aliphatic carbocycles. The number of aliphatic carboxylic acids is 1. The lowest BCUT2D eigenvalue weighted by Crippen LogP contribution is -2.61. The van der Waals surface area contributed by atoms with Crippen LogP contribution >= 0.6 is 0 Å². The standard InChI is InChI=1S/C30H49N5O3.C2HF3O2/c1-4-5-11-25-21-35(20-24-9-7-6-8-10-24)29(37)38-30(25)14-18-33(19-15-30)26-12-16-34(17-13-26)28(36)27-22(2)31-32-23(27)3;3-2(4,5)1(6)7/h24-26H,4-21H2,1-3H3,(H,31,32);(H,6,7). The first-order valence-electron chi connectivity index (χ1n) is 16.7. The molecule has 0 aromatic carbocycles. The minimum atomic E-state index is -5.08. The molecule has 3 aliphatic heterocycles. The van der Waals surface area contributed by atoms with Gasteiger partial charge in [0, 0.05) is 69.8 Å². The lowest BCUT2D eigenvalue weighted by molar-refractivity contribution is -0.192. The third-order valence-electron chi connectivity index (χ3n) is 10.3. The first kappa shape index (κ1) is 35.0. The summed E-state index contributed by atoms with van der Waals surface area (Å²) in [5.41, 5.74) is 2.08. The Morgan fingerprint density at radius 3 is 2.20 bits per heavy atom. The van der Waals surface area contributed by atoms with E-state index >= 15 is 0 Å². The average molecular weight is 642 g/mol. The highest BCUT2D eigenvalue weighted by atomic mass is 19.4. The first-order valence-corrected chi connectivity index (χ1v) is 16.7. The lowest BCUT2D eigenvalue weighted by atomic mass is 9.75. The number of aromatic amines is 1. The number of aryl methyl sites for hydroxylation is 2. The predicted molar refractivity (Wildman–Crippen MR) is 162 cm³/mol. The first-order chi connectivity index (χ1) is 21.3. The highest BCUT2D eigenvalue weighted by Crippen LogP contribution is 2.42. The summed E-state index contributed by atoms with van der Waals surface area (Å²) in [4.78, 5) is 41.9.